The molecule has 4 rings (SSSR count). The second-order valence-electron chi connectivity index (χ2n) is 7.93. The molecule has 0 bridgehead atoms. The Morgan fingerprint density at radius 1 is 1.18 bits per heavy atom. The molecule has 8 heteroatoms. The lowest BCUT2D eigenvalue weighted by Crippen LogP contribution is -2.25. The van der Waals surface area contributed by atoms with Crippen LogP contribution in [0.4, 0.5) is 10.1 Å². The third kappa shape index (κ3) is 5.46. The van der Waals surface area contributed by atoms with Crippen molar-refractivity contribution in [2.45, 2.75) is 32.2 Å². The topological polar surface area (TPSA) is 90.6 Å². The number of nitrogens with two attached hydrogens (primary N) is 1. The fraction of sp³-hybridized carbons (Fsp3) is 0.320. The minimum absolute atomic E-state index is 0.0128. The molecule has 3 aromatic rings. The van der Waals surface area contributed by atoms with Crippen molar-refractivity contribution >= 4 is 11.6 Å². The van der Waals surface area contributed by atoms with Gasteiger partial charge in [0.05, 0.1) is 12.4 Å². The maximum Gasteiger partial charge on any atom is 0.268 e. The summed E-state index contributed by atoms with van der Waals surface area (Å²) in [5, 5.41) is 0. The van der Waals surface area contributed by atoms with Crippen LogP contribution in [-0.2, 0) is 11.3 Å². The van der Waals surface area contributed by atoms with Gasteiger partial charge in [-0.1, -0.05) is 24.3 Å². The summed E-state index contributed by atoms with van der Waals surface area (Å²) in [6, 6.07) is 13.3. The lowest BCUT2D eigenvalue weighted by Gasteiger charge is -2.30. The van der Waals surface area contributed by atoms with Gasteiger partial charge in [-0.3, -0.25) is 4.79 Å². The van der Waals surface area contributed by atoms with Gasteiger partial charge < -0.3 is 20.1 Å². The van der Waals surface area contributed by atoms with Gasteiger partial charge in [-0.2, -0.15) is 0 Å². The van der Waals surface area contributed by atoms with E-state index in [9.17, 15) is 9.18 Å². The molecule has 0 radical (unpaired) electrons. The zero-order chi connectivity index (χ0) is 23.2. The fourth-order valence-electron chi connectivity index (χ4n) is 4.05. The van der Waals surface area contributed by atoms with E-state index in [4.69, 9.17) is 15.2 Å². The van der Waals surface area contributed by atoms with Gasteiger partial charge in [0, 0.05) is 32.0 Å². The van der Waals surface area contributed by atoms with Crippen LogP contribution in [-0.4, -0.2) is 35.6 Å². The van der Waals surface area contributed by atoms with E-state index < -0.39 is 11.7 Å². The maximum atomic E-state index is 14.8. The molecular weight excluding hydrogens is 423 g/mol. The standard InChI is InChI=1S/C25H27FN4O3/c1-2-30(22-6-4-3-5-19(22)18-9-11-32-12-10-18)16-17-7-8-23(20(26)13-17)33-24-15-28-21(14-29-24)25(27)31/h3-8,13-15,18H,2,9-12,16H2,1H3,(H2,27,31). The second-order valence-corrected chi connectivity index (χ2v) is 7.93. The summed E-state index contributed by atoms with van der Waals surface area (Å²) in [7, 11) is 0. The largest absolute Gasteiger partial charge is 0.434 e. The molecule has 2 heterocycles. The van der Waals surface area contributed by atoms with Gasteiger partial charge >= 0.3 is 0 Å². The predicted molar refractivity (Wildman–Crippen MR) is 123 cm³/mol. The molecule has 1 amide bonds. The molecule has 0 unspecified atom stereocenters. The number of ether oxygens (including phenoxy) is 2. The van der Waals surface area contributed by atoms with Crippen molar-refractivity contribution in [3.63, 3.8) is 0 Å². The Kier molecular flexibility index (Phi) is 7.14. The van der Waals surface area contributed by atoms with Gasteiger partial charge in [-0.05, 0) is 55.0 Å². The molecule has 1 aliphatic rings. The molecule has 0 aliphatic carbocycles. The molecule has 0 saturated carbocycles. The molecule has 0 spiro atoms. The predicted octanol–water partition coefficient (Wildman–Crippen LogP) is 4.43. The third-order valence-corrected chi connectivity index (χ3v) is 5.79. The lowest BCUT2D eigenvalue weighted by atomic mass is 9.90. The quantitative estimate of drug-likeness (QED) is 0.546. The number of benzene rings is 2. The minimum Gasteiger partial charge on any atom is -0.434 e. The third-order valence-electron chi connectivity index (χ3n) is 5.79. The highest BCUT2D eigenvalue weighted by Gasteiger charge is 2.21. The van der Waals surface area contributed by atoms with Crippen molar-refractivity contribution in [1.29, 1.82) is 0 Å². The Balaban J connectivity index is 1.49. The number of nitrogens with zero attached hydrogens (tertiary/aromatic N) is 3. The number of hydrogen-bond donors (Lipinski definition) is 1. The first-order valence-corrected chi connectivity index (χ1v) is 11.0. The van der Waals surface area contributed by atoms with Crippen molar-refractivity contribution in [3.05, 3.63) is 77.5 Å². The number of halogens is 1. The SMILES string of the molecule is CCN(Cc1ccc(Oc2cnc(C(N)=O)cn2)c(F)c1)c1ccccc1C1CCOCC1. The Bertz CT molecular complexity index is 1100. The molecule has 1 fully saturated rings. The first-order valence-electron chi connectivity index (χ1n) is 11.0. The summed E-state index contributed by atoms with van der Waals surface area (Å²) in [6.07, 6.45) is 4.45. The average molecular weight is 451 g/mol. The summed E-state index contributed by atoms with van der Waals surface area (Å²) in [4.78, 5) is 21.2. The van der Waals surface area contributed by atoms with Gasteiger partial charge in [-0.25, -0.2) is 14.4 Å². The van der Waals surface area contributed by atoms with E-state index >= 15 is 0 Å². The molecular formula is C25H27FN4O3. The lowest BCUT2D eigenvalue weighted by molar-refractivity contribution is 0.0854. The Morgan fingerprint density at radius 2 is 1.97 bits per heavy atom. The molecule has 7 nitrogen and oxygen atoms in total. The number of aromatic nitrogens is 2. The zero-order valence-corrected chi connectivity index (χ0v) is 18.5. The molecule has 1 aromatic heterocycles. The van der Waals surface area contributed by atoms with E-state index in [0.29, 0.717) is 12.5 Å². The van der Waals surface area contributed by atoms with Crippen molar-refractivity contribution in [3.8, 4) is 11.6 Å². The van der Waals surface area contributed by atoms with Crippen molar-refractivity contribution in [1.82, 2.24) is 9.97 Å². The van der Waals surface area contributed by atoms with Gasteiger partial charge in [0.2, 0.25) is 5.88 Å². The Hall–Kier alpha value is -3.52. The molecule has 33 heavy (non-hydrogen) atoms. The molecule has 172 valence electrons. The summed E-state index contributed by atoms with van der Waals surface area (Å²) in [5.74, 6) is -0.609. The maximum absolute atomic E-state index is 14.8. The van der Waals surface area contributed by atoms with Crippen molar-refractivity contribution < 1.29 is 18.7 Å². The van der Waals surface area contributed by atoms with E-state index in [0.717, 1.165) is 38.2 Å². The van der Waals surface area contributed by atoms with E-state index in [1.54, 1.807) is 6.07 Å². The molecule has 1 aliphatic heterocycles. The fourth-order valence-corrected chi connectivity index (χ4v) is 4.05. The molecule has 2 aromatic carbocycles. The summed E-state index contributed by atoms with van der Waals surface area (Å²) < 4.78 is 25.8. The number of amides is 1. The number of para-hydroxylation sites is 1. The highest BCUT2D eigenvalue weighted by atomic mass is 19.1. The van der Waals surface area contributed by atoms with Crippen LogP contribution in [0.25, 0.3) is 0 Å². The number of hydrogen-bond acceptors (Lipinski definition) is 6. The highest BCUT2D eigenvalue weighted by molar-refractivity contribution is 5.90. The Labute approximate surface area is 192 Å². The molecule has 1 saturated heterocycles. The van der Waals surface area contributed by atoms with Crippen molar-refractivity contribution in [2.75, 3.05) is 24.7 Å². The van der Waals surface area contributed by atoms with E-state index in [2.05, 4.69) is 40.0 Å². The zero-order valence-electron chi connectivity index (χ0n) is 18.5. The van der Waals surface area contributed by atoms with Crippen LogP contribution in [0.1, 0.15) is 47.3 Å². The number of primary amides is 1. The van der Waals surface area contributed by atoms with Crippen LogP contribution in [0.3, 0.4) is 0 Å². The molecule has 0 atom stereocenters. The van der Waals surface area contributed by atoms with Crippen LogP contribution in [0, 0.1) is 5.82 Å². The van der Waals surface area contributed by atoms with Gasteiger partial charge in [-0.15, -0.1) is 0 Å². The average Bonchev–Trinajstić information content (AvgIpc) is 2.85. The van der Waals surface area contributed by atoms with Crippen LogP contribution >= 0.6 is 0 Å². The first kappa shape index (κ1) is 22.7. The van der Waals surface area contributed by atoms with Gasteiger partial charge in [0.15, 0.2) is 11.6 Å². The van der Waals surface area contributed by atoms with Crippen LogP contribution in [0.2, 0.25) is 0 Å². The minimum atomic E-state index is -0.691. The highest BCUT2D eigenvalue weighted by Crippen LogP contribution is 2.35. The normalized spacial score (nSPS) is 14.1. The Morgan fingerprint density at radius 3 is 2.64 bits per heavy atom. The monoisotopic (exact) mass is 450 g/mol. The molecule has 2 N–H and O–H groups in total. The number of rotatable bonds is 8. The van der Waals surface area contributed by atoms with E-state index in [1.165, 1.54) is 29.7 Å². The van der Waals surface area contributed by atoms with Gasteiger partial charge in [0.1, 0.15) is 5.69 Å². The van der Waals surface area contributed by atoms with E-state index in [1.807, 2.05) is 12.1 Å². The van der Waals surface area contributed by atoms with Crippen molar-refractivity contribution in [2.24, 2.45) is 5.73 Å². The second kappa shape index (κ2) is 10.4. The van der Waals surface area contributed by atoms with Gasteiger partial charge in [0.25, 0.3) is 5.91 Å². The number of carbonyl (C=O) groups excluding carboxylic acids is 1. The first-order chi connectivity index (χ1) is 16.0. The van der Waals surface area contributed by atoms with Crippen LogP contribution in [0.5, 0.6) is 11.6 Å². The number of anilines is 1. The number of carbonyl (C=O) groups is 1. The van der Waals surface area contributed by atoms with E-state index in [-0.39, 0.29) is 17.3 Å². The van der Waals surface area contributed by atoms with Crippen LogP contribution < -0.4 is 15.4 Å². The van der Waals surface area contributed by atoms with Crippen LogP contribution in [0.15, 0.2) is 54.9 Å². The summed E-state index contributed by atoms with van der Waals surface area (Å²) in [6.45, 7) is 5.03. The summed E-state index contributed by atoms with van der Waals surface area (Å²) >= 11 is 0. The smallest absolute Gasteiger partial charge is 0.268 e. The summed E-state index contributed by atoms with van der Waals surface area (Å²) in [5.41, 5.74) is 8.49.